The van der Waals surface area contributed by atoms with Gasteiger partial charge in [0.15, 0.2) is 0 Å². The van der Waals surface area contributed by atoms with Gasteiger partial charge in [0.2, 0.25) is 0 Å². The molecule has 11 heteroatoms. The lowest BCUT2D eigenvalue weighted by Gasteiger charge is -2.35. The third-order valence-electron chi connectivity index (χ3n) is 5.29. The van der Waals surface area contributed by atoms with Crippen molar-refractivity contribution in [1.29, 1.82) is 0 Å². The zero-order valence-corrected chi connectivity index (χ0v) is 18.5. The Bertz CT molecular complexity index is 1320. The molecule has 0 bridgehead atoms. The maximum absolute atomic E-state index is 12.8. The predicted molar refractivity (Wildman–Crippen MR) is 123 cm³/mol. The van der Waals surface area contributed by atoms with E-state index in [0.29, 0.717) is 50.1 Å². The van der Waals surface area contributed by atoms with Crippen LogP contribution in [0.1, 0.15) is 0 Å². The first kappa shape index (κ1) is 20.7. The quantitative estimate of drug-likeness (QED) is 0.442. The fourth-order valence-electron chi connectivity index (χ4n) is 3.61. The molecular weight excluding hydrogens is 452 g/mol. The van der Waals surface area contributed by atoms with E-state index in [2.05, 4.69) is 15.1 Å². The fourth-order valence-corrected chi connectivity index (χ4v) is 4.51. The van der Waals surface area contributed by atoms with Gasteiger partial charge in [0.1, 0.15) is 11.7 Å². The second-order valence-electron chi connectivity index (χ2n) is 7.29. The first-order valence-corrected chi connectivity index (χ1v) is 11.3. The van der Waals surface area contributed by atoms with Crippen molar-refractivity contribution in [3.05, 3.63) is 80.0 Å². The van der Waals surface area contributed by atoms with Gasteiger partial charge in [-0.25, -0.2) is 4.79 Å². The third kappa shape index (κ3) is 3.99. The fraction of sp³-hybridized carbons (Fsp3) is 0.238. The zero-order chi connectivity index (χ0) is 22.1. The van der Waals surface area contributed by atoms with Crippen LogP contribution in [0.4, 0.5) is 5.69 Å². The molecule has 4 aromatic rings. The standard InChI is InChI=1S/C21H19ClN6O3S/c22-18-16(13-23-28(20(18)29)15-5-2-1-3-6-15)26-10-8-25(9-11-26)14-27-21(30)31-19(24-27)17-7-4-12-32-17/h1-7,12-13H,8-11,14H2. The highest BCUT2D eigenvalue weighted by Crippen LogP contribution is 2.24. The summed E-state index contributed by atoms with van der Waals surface area (Å²) in [6.45, 7) is 2.96. The Morgan fingerprint density at radius 2 is 1.81 bits per heavy atom. The molecule has 4 heterocycles. The molecule has 3 aromatic heterocycles. The summed E-state index contributed by atoms with van der Waals surface area (Å²) in [4.78, 5) is 29.9. The molecule has 0 N–H and O–H groups in total. The summed E-state index contributed by atoms with van der Waals surface area (Å²) in [7, 11) is 0. The van der Waals surface area contributed by atoms with Crippen molar-refractivity contribution in [3.8, 4) is 16.5 Å². The van der Waals surface area contributed by atoms with Crippen molar-refractivity contribution in [2.75, 3.05) is 31.1 Å². The summed E-state index contributed by atoms with van der Waals surface area (Å²) in [5, 5.41) is 10.7. The molecule has 5 rings (SSSR count). The minimum absolute atomic E-state index is 0.144. The van der Waals surface area contributed by atoms with Crippen molar-refractivity contribution in [1.82, 2.24) is 24.5 Å². The van der Waals surface area contributed by atoms with E-state index in [1.807, 2.05) is 40.6 Å². The monoisotopic (exact) mass is 470 g/mol. The van der Waals surface area contributed by atoms with Crippen LogP contribution in [0.2, 0.25) is 5.02 Å². The Labute approximate surface area is 191 Å². The second kappa shape index (κ2) is 8.73. The SMILES string of the molecule is O=c1oc(-c2cccs2)nn1CN1CCN(c2cnn(-c3ccccc3)c(=O)c2Cl)CC1. The van der Waals surface area contributed by atoms with Gasteiger partial charge in [-0.3, -0.25) is 9.69 Å². The molecule has 9 nitrogen and oxygen atoms in total. The minimum Gasteiger partial charge on any atom is -0.387 e. The molecule has 0 amide bonds. The molecule has 1 aliphatic rings. The minimum atomic E-state index is -0.479. The highest BCUT2D eigenvalue weighted by atomic mass is 35.5. The molecule has 0 spiro atoms. The van der Waals surface area contributed by atoms with E-state index in [1.165, 1.54) is 20.7 Å². The number of aromatic nitrogens is 4. The molecule has 0 unspecified atom stereocenters. The first-order chi connectivity index (χ1) is 15.6. The van der Waals surface area contributed by atoms with Crippen LogP contribution in [0, 0.1) is 0 Å². The number of hydrogen-bond acceptors (Lipinski definition) is 8. The van der Waals surface area contributed by atoms with Gasteiger partial charge in [0.05, 0.1) is 22.4 Å². The molecule has 1 aromatic carbocycles. The molecule has 164 valence electrons. The van der Waals surface area contributed by atoms with Gasteiger partial charge in [0, 0.05) is 26.2 Å². The average Bonchev–Trinajstić information content (AvgIpc) is 3.47. The molecular formula is C21H19ClN6O3S. The molecule has 0 aliphatic carbocycles. The van der Waals surface area contributed by atoms with Gasteiger partial charge in [-0.05, 0) is 23.6 Å². The van der Waals surface area contributed by atoms with E-state index in [9.17, 15) is 9.59 Å². The number of rotatable bonds is 5. The van der Waals surface area contributed by atoms with Gasteiger partial charge in [0.25, 0.3) is 11.4 Å². The average molecular weight is 471 g/mol. The number of benzene rings is 1. The molecule has 0 saturated carbocycles. The third-order valence-corrected chi connectivity index (χ3v) is 6.50. The van der Waals surface area contributed by atoms with Gasteiger partial charge < -0.3 is 9.32 Å². The molecule has 0 atom stereocenters. The Kier molecular flexibility index (Phi) is 5.64. The van der Waals surface area contributed by atoms with Crippen LogP contribution in [0.3, 0.4) is 0 Å². The number of para-hydroxylation sites is 1. The van der Waals surface area contributed by atoms with Crippen molar-refractivity contribution in [3.63, 3.8) is 0 Å². The number of piperazine rings is 1. The van der Waals surface area contributed by atoms with Crippen molar-refractivity contribution >= 4 is 28.6 Å². The summed E-state index contributed by atoms with van der Waals surface area (Å²) >= 11 is 7.89. The van der Waals surface area contributed by atoms with Crippen molar-refractivity contribution in [2.45, 2.75) is 6.67 Å². The number of anilines is 1. The lowest BCUT2D eigenvalue weighted by molar-refractivity contribution is 0.189. The van der Waals surface area contributed by atoms with Gasteiger partial charge in [-0.1, -0.05) is 35.9 Å². The molecule has 1 aliphatic heterocycles. The summed E-state index contributed by atoms with van der Waals surface area (Å²) in [5.41, 5.74) is 0.922. The number of nitrogens with zero attached hydrogens (tertiary/aromatic N) is 6. The van der Waals surface area contributed by atoms with Gasteiger partial charge >= 0.3 is 5.76 Å². The van der Waals surface area contributed by atoms with E-state index in [0.717, 1.165) is 4.88 Å². The largest absolute Gasteiger partial charge is 0.438 e. The summed E-state index contributed by atoms with van der Waals surface area (Å²) < 4.78 is 7.90. The van der Waals surface area contributed by atoms with E-state index in [-0.39, 0.29) is 10.6 Å². The van der Waals surface area contributed by atoms with E-state index in [4.69, 9.17) is 16.0 Å². The topological polar surface area (TPSA) is 89.4 Å². The highest BCUT2D eigenvalue weighted by Gasteiger charge is 2.23. The van der Waals surface area contributed by atoms with Gasteiger partial charge in [-0.15, -0.1) is 16.4 Å². The normalized spacial score (nSPS) is 14.7. The van der Waals surface area contributed by atoms with Crippen molar-refractivity contribution < 1.29 is 4.42 Å². The smallest absolute Gasteiger partial charge is 0.387 e. The van der Waals surface area contributed by atoms with Crippen LogP contribution in [-0.2, 0) is 6.67 Å². The highest BCUT2D eigenvalue weighted by molar-refractivity contribution is 7.13. The van der Waals surface area contributed by atoms with E-state index >= 15 is 0 Å². The lowest BCUT2D eigenvalue weighted by Crippen LogP contribution is -2.48. The predicted octanol–water partition coefficient (Wildman–Crippen LogP) is 2.54. The number of halogens is 1. The van der Waals surface area contributed by atoms with Crippen LogP contribution in [0.5, 0.6) is 0 Å². The van der Waals surface area contributed by atoms with Crippen LogP contribution >= 0.6 is 22.9 Å². The first-order valence-electron chi connectivity index (χ1n) is 10.0. The second-order valence-corrected chi connectivity index (χ2v) is 8.62. The molecule has 0 radical (unpaired) electrons. The Hall–Kier alpha value is -3.21. The summed E-state index contributed by atoms with van der Waals surface area (Å²) in [6.07, 6.45) is 1.63. The summed E-state index contributed by atoms with van der Waals surface area (Å²) in [6, 6.07) is 12.9. The number of hydrogen-bond donors (Lipinski definition) is 0. The maximum Gasteiger partial charge on any atom is 0.438 e. The van der Waals surface area contributed by atoms with E-state index < -0.39 is 5.76 Å². The molecule has 1 saturated heterocycles. The Balaban J connectivity index is 1.27. The molecule has 1 fully saturated rings. The van der Waals surface area contributed by atoms with Gasteiger partial charge in [-0.2, -0.15) is 14.5 Å². The van der Waals surface area contributed by atoms with Crippen LogP contribution in [0.15, 0.2) is 68.0 Å². The van der Waals surface area contributed by atoms with Crippen molar-refractivity contribution in [2.24, 2.45) is 0 Å². The van der Waals surface area contributed by atoms with Crippen LogP contribution in [-0.4, -0.2) is 50.6 Å². The number of thiophene rings is 1. The zero-order valence-electron chi connectivity index (χ0n) is 16.9. The van der Waals surface area contributed by atoms with Crippen LogP contribution in [0.25, 0.3) is 16.5 Å². The molecule has 32 heavy (non-hydrogen) atoms. The maximum atomic E-state index is 12.8. The van der Waals surface area contributed by atoms with E-state index in [1.54, 1.807) is 18.3 Å². The van der Waals surface area contributed by atoms with Crippen LogP contribution < -0.4 is 16.2 Å². The Morgan fingerprint density at radius 1 is 1.03 bits per heavy atom. The summed E-state index contributed by atoms with van der Waals surface area (Å²) in [5.74, 6) is -0.145. The Morgan fingerprint density at radius 3 is 2.53 bits per heavy atom. The lowest BCUT2D eigenvalue weighted by atomic mass is 10.3.